The first-order valence-corrected chi connectivity index (χ1v) is 13.7. The topological polar surface area (TPSA) is 77.2 Å². The zero-order valence-corrected chi connectivity index (χ0v) is 23.0. The van der Waals surface area contributed by atoms with E-state index in [2.05, 4.69) is 34.7 Å². The number of carbonyl (C=O) groups is 1. The fraction of sp³-hybridized carbons (Fsp3) is 0.182. The Labute approximate surface area is 238 Å². The van der Waals surface area contributed by atoms with Crippen molar-refractivity contribution in [3.63, 3.8) is 0 Å². The van der Waals surface area contributed by atoms with E-state index >= 15 is 0 Å². The number of aryl methyl sites for hydroxylation is 1. The average molecular weight is 550 g/mol. The second kappa shape index (κ2) is 11.0. The van der Waals surface area contributed by atoms with Gasteiger partial charge in [0.2, 0.25) is 0 Å². The standard InChI is InChI=1S/C33H28ClN3O3/c1-20-31(36-30-9-5-8-29(35-30)27-6-3-4-7-28(27)34)32(40-37-20)25-16-14-24(15-17-25)23-12-10-22(11-13-23)21(2)39-33(38)26-18-19-26/h3-17,21,26H,18-19H2,1-2H3,(H,35,36). The Hall–Kier alpha value is -4.42. The summed E-state index contributed by atoms with van der Waals surface area (Å²) in [5, 5.41) is 8.24. The molecule has 2 aromatic heterocycles. The second-order valence-corrected chi connectivity index (χ2v) is 10.4. The summed E-state index contributed by atoms with van der Waals surface area (Å²) >= 11 is 6.39. The zero-order valence-electron chi connectivity index (χ0n) is 22.2. The van der Waals surface area contributed by atoms with Crippen LogP contribution in [0.5, 0.6) is 0 Å². The van der Waals surface area contributed by atoms with E-state index in [1.54, 1.807) is 0 Å². The molecular weight excluding hydrogens is 522 g/mol. The number of ether oxygens (including phenoxy) is 1. The van der Waals surface area contributed by atoms with Crippen LogP contribution in [-0.4, -0.2) is 16.1 Å². The molecule has 1 unspecified atom stereocenters. The summed E-state index contributed by atoms with van der Waals surface area (Å²) in [7, 11) is 0. The van der Waals surface area contributed by atoms with Crippen molar-refractivity contribution < 1.29 is 14.1 Å². The van der Waals surface area contributed by atoms with Crippen LogP contribution in [0.15, 0.2) is 95.5 Å². The van der Waals surface area contributed by atoms with E-state index in [1.807, 2.05) is 80.6 Å². The van der Waals surface area contributed by atoms with Gasteiger partial charge in [-0.1, -0.05) is 89.6 Å². The number of halogens is 1. The van der Waals surface area contributed by atoms with Gasteiger partial charge in [-0.2, -0.15) is 0 Å². The van der Waals surface area contributed by atoms with Gasteiger partial charge in [0.25, 0.3) is 0 Å². The first-order valence-electron chi connectivity index (χ1n) is 13.3. The molecule has 1 atom stereocenters. The quantitative estimate of drug-likeness (QED) is 0.195. The molecule has 0 bridgehead atoms. The van der Waals surface area contributed by atoms with Crippen LogP contribution in [0.1, 0.15) is 37.1 Å². The Morgan fingerprint density at radius 3 is 2.30 bits per heavy atom. The van der Waals surface area contributed by atoms with Crippen molar-refractivity contribution in [3.05, 3.63) is 107 Å². The molecular formula is C33H28ClN3O3. The summed E-state index contributed by atoms with van der Waals surface area (Å²) in [5.41, 5.74) is 7.15. The molecule has 1 fully saturated rings. The van der Waals surface area contributed by atoms with E-state index in [9.17, 15) is 4.79 Å². The van der Waals surface area contributed by atoms with Crippen LogP contribution in [0.2, 0.25) is 5.02 Å². The van der Waals surface area contributed by atoms with Crippen LogP contribution in [0.25, 0.3) is 33.7 Å². The third kappa shape index (κ3) is 5.49. The van der Waals surface area contributed by atoms with Crippen molar-refractivity contribution in [1.29, 1.82) is 0 Å². The average Bonchev–Trinajstić information content (AvgIpc) is 3.78. The number of rotatable bonds is 8. The third-order valence-corrected chi connectivity index (χ3v) is 7.41. The Bertz CT molecular complexity index is 1660. The number of hydrogen-bond acceptors (Lipinski definition) is 6. The van der Waals surface area contributed by atoms with E-state index in [0.29, 0.717) is 16.6 Å². The molecule has 0 amide bonds. The Kier molecular flexibility index (Phi) is 7.10. The van der Waals surface area contributed by atoms with Gasteiger partial charge in [-0.3, -0.25) is 4.79 Å². The molecule has 1 saturated carbocycles. The number of anilines is 2. The maximum atomic E-state index is 12.0. The number of nitrogens with zero attached hydrogens (tertiary/aromatic N) is 2. The van der Waals surface area contributed by atoms with Gasteiger partial charge in [-0.25, -0.2) is 4.98 Å². The van der Waals surface area contributed by atoms with E-state index in [1.165, 1.54) is 0 Å². The van der Waals surface area contributed by atoms with Crippen LogP contribution >= 0.6 is 11.6 Å². The lowest BCUT2D eigenvalue weighted by Gasteiger charge is -2.14. The Morgan fingerprint density at radius 1 is 0.925 bits per heavy atom. The Morgan fingerprint density at radius 2 is 1.60 bits per heavy atom. The van der Waals surface area contributed by atoms with Crippen LogP contribution in [0.4, 0.5) is 11.5 Å². The molecule has 3 aromatic carbocycles. The number of hydrogen-bond donors (Lipinski definition) is 1. The largest absolute Gasteiger partial charge is 0.458 e. The lowest BCUT2D eigenvalue weighted by atomic mass is 10.0. The lowest BCUT2D eigenvalue weighted by Crippen LogP contribution is -2.10. The highest BCUT2D eigenvalue weighted by atomic mass is 35.5. The molecule has 7 heteroatoms. The molecule has 1 aliphatic rings. The zero-order chi connectivity index (χ0) is 27.6. The van der Waals surface area contributed by atoms with E-state index in [4.69, 9.17) is 25.8 Å². The van der Waals surface area contributed by atoms with Gasteiger partial charge < -0.3 is 14.6 Å². The number of esters is 1. The van der Waals surface area contributed by atoms with Crippen molar-refractivity contribution >= 4 is 29.1 Å². The Balaban J connectivity index is 1.19. The molecule has 1 aliphatic carbocycles. The summed E-state index contributed by atoms with van der Waals surface area (Å²) in [4.78, 5) is 16.8. The molecule has 0 aliphatic heterocycles. The fourth-order valence-electron chi connectivity index (χ4n) is 4.58. The molecule has 6 nitrogen and oxygen atoms in total. The minimum Gasteiger partial charge on any atom is -0.458 e. The summed E-state index contributed by atoms with van der Waals surface area (Å²) in [5.74, 6) is 1.31. The highest BCUT2D eigenvalue weighted by Crippen LogP contribution is 2.36. The van der Waals surface area contributed by atoms with Crippen LogP contribution in [0, 0.1) is 12.8 Å². The van der Waals surface area contributed by atoms with Crippen molar-refractivity contribution in [2.24, 2.45) is 5.92 Å². The van der Waals surface area contributed by atoms with Crippen molar-refractivity contribution in [1.82, 2.24) is 10.1 Å². The predicted octanol–water partition coefficient (Wildman–Crippen LogP) is 8.79. The molecule has 0 spiro atoms. The van der Waals surface area contributed by atoms with Crippen molar-refractivity contribution in [2.45, 2.75) is 32.8 Å². The van der Waals surface area contributed by atoms with Gasteiger partial charge in [0.1, 0.15) is 23.3 Å². The van der Waals surface area contributed by atoms with Crippen LogP contribution < -0.4 is 5.32 Å². The minimum atomic E-state index is -0.259. The summed E-state index contributed by atoms with van der Waals surface area (Å²) in [6.45, 7) is 3.81. The summed E-state index contributed by atoms with van der Waals surface area (Å²) in [6.07, 6.45) is 1.63. The molecule has 0 radical (unpaired) electrons. The van der Waals surface area contributed by atoms with E-state index in [-0.39, 0.29) is 18.0 Å². The maximum Gasteiger partial charge on any atom is 0.309 e. The van der Waals surface area contributed by atoms with Gasteiger partial charge >= 0.3 is 5.97 Å². The van der Waals surface area contributed by atoms with E-state index < -0.39 is 0 Å². The molecule has 2 heterocycles. The third-order valence-electron chi connectivity index (χ3n) is 7.08. The fourth-order valence-corrected chi connectivity index (χ4v) is 4.82. The van der Waals surface area contributed by atoms with Gasteiger partial charge in [0.15, 0.2) is 5.76 Å². The van der Waals surface area contributed by atoms with Gasteiger partial charge in [-0.05, 0) is 61.6 Å². The summed E-state index contributed by atoms with van der Waals surface area (Å²) in [6, 6.07) is 29.7. The van der Waals surface area contributed by atoms with Gasteiger partial charge in [0, 0.05) is 16.1 Å². The van der Waals surface area contributed by atoms with E-state index in [0.717, 1.165) is 57.7 Å². The van der Waals surface area contributed by atoms with Crippen LogP contribution in [-0.2, 0) is 9.53 Å². The highest BCUT2D eigenvalue weighted by molar-refractivity contribution is 6.33. The van der Waals surface area contributed by atoms with Crippen LogP contribution in [0.3, 0.4) is 0 Å². The second-order valence-electron chi connectivity index (χ2n) is 10.0. The predicted molar refractivity (Wildman–Crippen MR) is 157 cm³/mol. The highest BCUT2D eigenvalue weighted by Gasteiger charge is 2.32. The number of nitrogens with one attached hydrogen (secondary N) is 1. The lowest BCUT2D eigenvalue weighted by molar-refractivity contribution is -0.150. The molecule has 5 aromatic rings. The van der Waals surface area contributed by atoms with Crippen molar-refractivity contribution in [3.8, 4) is 33.7 Å². The van der Waals surface area contributed by atoms with Gasteiger partial charge in [0.05, 0.1) is 11.6 Å². The maximum absolute atomic E-state index is 12.0. The number of aromatic nitrogens is 2. The molecule has 0 saturated heterocycles. The molecule has 40 heavy (non-hydrogen) atoms. The molecule has 1 N–H and O–H groups in total. The number of pyridine rings is 1. The minimum absolute atomic E-state index is 0.0900. The summed E-state index contributed by atoms with van der Waals surface area (Å²) < 4.78 is 11.3. The number of carbonyl (C=O) groups excluding carboxylic acids is 1. The number of benzene rings is 3. The monoisotopic (exact) mass is 549 g/mol. The first-order chi connectivity index (χ1) is 19.5. The molecule has 200 valence electrons. The normalized spacial score (nSPS) is 13.6. The van der Waals surface area contributed by atoms with Crippen molar-refractivity contribution in [2.75, 3.05) is 5.32 Å². The molecule has 6 rings (SSSR count). The first kappa shape index (κ1) is 25.8. The smallest absolute Gasteiger partial charge is 0.309 e. The van der Waals surface area contributed by atoms with Gasteiger partial charge in [-0.15, -0.1) is 0 Å². The SMILES string of the molecule is Cc1noc(-c2ccc(-c3ccc(C(C)OC(=O)C4CC4)cc3)cc2)c1Nc1cccc(-c2ccccc2Cl)n1.